The van der Waals surface area contributed by atoms with Crippen molar-refractivity contribution in [2.24, 2.45) is 0 Å². The van der Waals surface area contributed by atoms with Gasteiger partial charge in [-0.05, 0) is 71.1 Å². The Morgan fingerprint density at radius 2 is 0.900 bits per heavy atom. The third-order valence-electron chi connectivity index (χ3n) is 7.92. The lowest BCUT2D eigenvalue weighted by molar-refractivity contribution is 1.06. The van der Waals surface area contributed by atoms with Gasteiger partial charge in [-0.15, -0.1) is 0 Å². The summed E-state index contributed by atoms with van der Waals surface area (Å²) in [6.07, 6.45) is 0. The monoisotopic (exact) mass is 512 g/mol. The van der Waals surface area contributed by atoms with Gasteiger partial charge in [-0.2, -0.15) is 0 Å². The van der Waals surface area contributed by atoms with Gasteiger partial charge in [0.15, 0.2) is 0 Å². The molecule has 2 aromatic heterocycles. The first-order valence-electron chi connectivity index (χ1n) is 13.5. The number of rotatable bonds is 3. The third kappa shape index (κ3) is 3.35. The summed E-state index contributed by atoms with van der Waals surface area (Å²) in [7, 11) is 0. The van der Waals surface area contributed by atoms with E-state index >= 15 is 0 Å². The van der Waals surface area contributed by atoms with E-state index in [1.54, 1.807) is 0 Å². The Bertz CT molecular complexity index is 2290. The SMILES string of the molecule is O=c1c2ccccc2c2ccccc2n1-c1cccc(-c2ccc3c(c2)c2ccccc2n3-c2ccccc2)c1. The van der Waals surface area contributed by atoms with Crippen LogP contribution < -0.4 is 5.56 Å². The Morgan fingerprint density at radius 1 is 0.350 bits per heavy atom. The molecular formula is C37H24N2O. The van der Waals surface area contributed by atoms with Crippen molar-refractivity contribution in [1.82, 2.24) is 9.13 Å². The van der Waals surface area contributed by atoms with Crippen LogP contribution in [-0.2, 0) is 0 Å². The Hall–Kier alpha value is -5.41. The van der Waals surface area contributed by atoms with Gasteiger partial charge < -0.3 is 4.57 Å². The van der Waals surface area contributed by atoms with Gasteiger partial charge in [-0.25, -0.2) is 0 Å². The zero-order chi connectivity index (χ0) is 26.6. The topological polar surface area (TPSA) is 26.9 Å². The van der Waals surface area contributed by atoms with Crippen molar-refractivity contribution in [3.63, 3.8) is 0 Å². The summed E-state index contributed by atoms with van der Waals surface area (Å²) in [4.78, 5) is 13.8. The first kappa shape index (κ1) is 22.6. The zero-order valence-corrected chi connectivity index (χ0v) is 21.7. The Kier molecular flexibility index (Phi) is 4.98. The number of aromatic nitrogens is 2. The van der Waals surface area contributed by atoms with Crippen LogP contribution in [0.15, 0.2) is 150 Å². The van der Waals surface area contributed by atoms with E-state index < -0.39 is 0 Å². The van der Waals surface area contributed by atoms with Crippen LogP contribution in [0.1, 0.15) is 0 Å². The predicted octanol–water partition coefficient (Wildman–Crippen LogP) is 8.91. The molecule has 0 radical (unpaired) electrons. The highest BCUT2D eigenvalue weighted by molar-refractivity contribution is 6.10. The zero-order valence-electron chi connectivity index (χ0n) is 21.7. The average molecular weight is 513 g/mol. The molecule has 0 saturated heterocycles. The molecule has 0 saturated carbocycles. The van der Waals surface area contributed by atoms with Gasteiger partial charge in [0.25, 0.3) is 5.56 Å². The molecule has 0 amide bonds. The maximum Gasteiger partial charge on any atom is 0.263 e. The third-order valence-corrected chi connectivity index (χ3v) is 7.92. The number of hydrogen-bond donors (Lipinski definition) is 0. The van der Waals surface area contributed by atoms with Crippen molar-refractivity contribution in [3.8, 4) is 22.5 Å². The highest BCUT2D eigenvalue weighted by atomic mass is 16.1. The van der Waals surface area contributed by atoms with Crippen LogP contribution in [0, 0.1) is 0 Å². The highest BCUT2D eigenvalue weighted by Crippen LogP contribution is 2.35. The molecule has 0 atom stereocenters. The standard InChI is InChI=1S/C37H24N2O/c40-37-32-18-5-4-15-29(32)30-16-6-9-20-35(30)39(37)28-14-10-11-25(23-28)26-21-22-36-33(24-26)31-17-7-8-19-34(31)38(36)27-12-2-1-3-13-27/h1-24H. The summed E-state index contributed by atoms with van der Waals surface area (Å²) in [5, 5.41) is 5.20. The molecule has 6 aromatic carbocycles. The van der Waals surface area contributed by atoms with Crippen molar-refractivity contribution in [1.29, 1.82) is 0 Å². The molecule has 40 heavy (non-hydrogen) atoms. The average Bonchev–Trinajstić information content (AvgIpc) is 3.36. The number of fused-ring (bicyclic) bond motifs is 6. The molecule has 8 rings (SSSR count). The molecule has 3 heteroatoms. The van der Waals surface area contributed by atoms with E-state index in [0.29, 0.717) is 0 Å². The van der Waals surface area contributed by atoms with Gasteiger partial charge in [0.2, 0.25) is 0 Å². The number of hydrogen-bond acceptors (Lipinski definition) is 1. The number of para-hydroxylation sites is 3. The first-order valence-corrected chi connectivity index (χ1v) is 13.5. The molecule has 0 N–H and O–H groups in total. The molecule has 2 heterocycles. The van der Waals surface area contributed by atoms with Crippen LogP contribution in [0.3, 0.4) is 0 Å². The normalized spacial score (nSPS) is 11.6. The summed E-state index contributed by atoms with van der Waals surface area (Å²) >= 11 is 0. The van der Waals surface area contributed by atoms with Gasteiger partial charge in [-0.1, -0.05) is 91.0 Å². The quantitative estimate of drug-likeness (QED) is 0.217. The molecule has 0 bridgehead atoms. The number of pyridine rings is 1. The minimum absolute atomic E-state index is 0.00664. The lowest BCUT2D eigenvalue weighted by atomic mass is 10.0. The largest absolute Gasteiger partial charge is 0.309 e. The summed E-state index contributed by atoms with van der Waals surface area (Å²) < 4.78 is 4.17. The van der Waals surface area contributed by atoms with Gasteiger partial charge in [0.1, 0.15) is 0 Å². The van der Waals surface area contributed by atoms with Crippen molar-refractivity contribution in [2.45, 2.75) is 0 Å². The molecule has 8 aromatic rings. The smallest absolute Gasteiger partial charge is 0.263 e. The van der Waals surface area contributed by atoms with Crippen LogP contribution in [0.25, 0.3) is 66.0 Å². The molecule has 0 spiro atoms. The Balaban J connectivity index is 1.35. The van der Waals surface area contributed by atoms with Crippen LogP contribution in [0.5, 0.6) is 0 Å². The lowest BCUT2D eigenvalue weighted by Crippen LogP contribution is -2.19. The Morgan fingerprint density at radius 3 is 1.68 bits per heavy atom. The molecule has 188 valence electrons. The van der Waals surface area contributed by atoms with E-state index in [4.69, 9.17) is 0 Å². The van der Waals surface area contributed by atoms with Crippen molar-refractivity contribution < 1.29 is 0 Å². The molecule has 0 fully saturated rings. The van der Waals surface area contributed by atoms with Crippen LogP contribution in [-0.4, -0.2) is 9.13 Å². The molecule has 0 aliphatic heterocycles. The van der Waals surface area contributed by atoms with E-state index in [1.807, 2.05) is 65.2 Å². The second kappa shape index (κ2) is 8.82. The molecule has 3 nitrogen and oxygen atoms in total. The number of benzene rings is 6. The minimum atomic E-state index is -0.00664. The summed E-state index contributed by atoms with van der Waals surface area (Å²) in [5.74, 6) is 0. The predicted molar refractivity (Wildman–Crippen MR) is 167 cm³/mol. The summed E-state index contributed by atoms with van der Waals surface area (Å²) in [6, 6.07) is 50.0. The lowest BCUT2D eigenvalue weighted by Gasteiger charge is -2.14. The Labute approximate surface area is 230 Å². The summed E-state index contributed by atoms with van der Waals surface area (Å²) in [5.41, 5.74) is 7.44. The highest BCUT2D eigenvalue weighted by Gasteiger charge is 2.15. The van der Waals surface area contributed by atoms with Crippen molar-refractivity contribution >= 4 is 43.5 Å². The number of nitrogens with zero attached hydrogens (tertiary/aromatic N) is 2. The summed E-state index contributed by atoms with van der Waals surface area (Å²) in [6.45, 7) is 0. The van der Waals surface area contributed by atoms with Crippen LogP contribution >= 0.6 is 0 Å². The molecular weight excluding hydrogens is 488 g/mol. The fraction of sp³-hybridized carbons (Fsp3) is 0. The fourth-order valence-corrected chi connectivity index (χ4v) is 6.12. The van der Waals surface area contributed by atoms with Gasteiger partial charge in [0, 0.05) is 32.9 Å². The van der Waals surface area contributed by atoms with Gasteiger partial charge in [-0.3, -0.25) is 9.36 Å². The molecule has 0 aliphatic carbocycles. The first-order chi connectivity index (χ1) is 19.8. The molecule has 0 aliphatic rings. The second-order valence-corrected chi connectivity index (χ2v) is 10.2. The maximum absolute atomic E-state index is 13.8. The van der Waals surface area contributed by atoms with Crippen molar-refractivity contribution in [2.75, 3.05) is 0 Å². The van der Waals surface area contributed by atoms with Crippen molar-refractivity contribution in [3.05, 3.63) is 156 Å². The fourth-order valence-electron chi connectivity index (χ4n) is 6.12. The van der Waals surface area contributed by atoms with E-state index in [9.17, 15) is 4.79 Å². The molecule has 0 unspecified atom stereocenters. The van der Waals surface area contributed by atoms with Gasteiger partial charge in [0.05, 0.1) is 16.6 Å². The van der Waals surface area contributed by atoms with E-state index in [0.717, 1.165) is 44.2 Å². The van der Waals surface area contributed by atoms with E-state index in [-0.39, 0.29) is 5.56 Å². The minimum Gasteiger partial charge on any atom is -0.309 e. The second-order valence-electron chi connectivity index (χ2n) is 10.2. The van der Waals surface area contributed by atoms with Crippen LogP contribution in [0.4, 0.5) is 0 Å². The van der Waals surface area contributed by atoms with Gasteiger partial charge >= 0.3 is 0 Å². The van der Waals surface area contributed by atoms with E-state index in [2.05, 4.69) is 89.5 Å². The maximum atomic E-state index is 13.8. The van der Waals surface area contributed by atoms with Crippen LogP contribution in [0.2, 0.25) is 0 Å². The van der Waals surface area contributed by atoms with E-state index in [1.165, 1.54) is 21.8 Å².